The van der Waals surface area contributed by atoms with Gasteiger partial charge in [-0.2, -0.15) is 0 Å². The Hall–Kier alpha value is -1.98. The van der Waals surface area contributed by atoms with E-state index in [0.29, 0.717) is 0 Å². The number of nitrogens with one attached hydrogen (secondary N) is 1. The SMILES string of the molecule is CCOC(=O)C(C)C(=O)Nc1cc(F)ccc1F. The molecule has 1 N–H and O–H groups in total. The quantitative estimate of drug-likeness (QED) is 0.664. The number of benzene rings is 1. The number of ether oxygens (including phenoxy) is 1. The molecule has 0 aromatic heterocycles. The minimum Gasteiger partial charge on any atom is -0.465 e. The van der Waals surface area contributed by atoms with E-state index in [1.54, 1.807) is 6.92 Å². The van der Waals surface area contributed by atoms with Gasteiger partial charge < -0.3 is 10.1 Å². The maximum Gasteiger partial charge on any atom is 0.318 e. The number of halogens is 2. The van der Waals surface area contributed by atoms with E-state index < -0.39 is 29.4 Å². The zero-order valence-corrected chi connectivity index (χ0v) is 10.00. The van der Waals surface area contributed by atoms with Crippen molar-refractivity contribution in [1.82, 2.24) is 0 Å². The van der Waals surface area contributed by atoms with Crippen molar-refractivity contribution in [2.45, 2.75) is 13.8 Å². The van der Waals surface area contributed by atoms with Crippen LogP contribution in [0.2, 0.25) is 0 Å². The van der Waals surface area contributed by atoms with E-state index in [2.05, 4.69) is 10.1 Å². The van der Waals surface area contributed by atoms with Gasteiger partial charge in [0.05, 0.1) is 12.3 Å². The monoisotopic (exact) mass is 257 g/mol. The largest absolute Gasteiger partial charge is 0.465 e. The van der Waals surface area contributed by atoms with Crippen molar-refractivity contribution >= 4 is 17.6 Å². The van der Waals surface area contributed by atoms with Crippen LogP contribution in [0.15, 0.2) is 18.2 Å². The Balaban J connectivity index is 2.75. The standard InChI is InChI=1S/C12H13F2NO3/c1-3-18-12(17)7(2)11(16)15-10-6-8(13)4-5-9(10)14/h4-7H,3H2,1-2H3,(H,15,16). The van der Waals surface area contributed by atoms with Gasteiger partial charge in [-0.25, -0.2) is 8.78 Å². The van der Waals surface area contributed by atoms with Crippen molar-refractivity contribution in [3.8, 4) is 0 Å². The second-order valence-electron chi connectivity index (χ2n) is 3.59. The number of rotatable bonds is 4. The van der Waals surface area contributed by atoms with E-state index >= 15 is 0 Å². The summed E-state index contributed by atoms with van der Waals surface area (Å²) in [6.45, 7) is 3.07. The van der Waals surface area contributed by atoms with Crippen LogP contribution in [0.5, 0.6) is 0 Å². The molecule has 1 unspecified atom stereocenters. The van der Waals surface area contributed by atoms with E-state index in [4.69, 9.17) is 0 Å². The maximum atomic E-state index is 13.2. The molecule has 0 saturated carbocycles. The molecule has 0 spiro atoms. The Morgan fingerprint density at radius 3 is 2.67 bits per heavy atom. The Kier molecular flexibility index (Phi) is 4.76. The third kappa shape index (κ3) is 3.51. The van der Waals surface area contributed by atoms with Crippen LogP contribution in [0.4, 0.5) is 14.5 Å². The summed E-state index contributed by atoms with van der Waals surface area (Å²) >= 11 is 0. The first kappa shape index (κ1) is 14.1. The van der Waals surface area contributed by atoms with Gasteiger partial charge in [0.1, 0.15) is 17.6 Å². The summed E-state index contributed by atoms with van der Waals surface area (Å²) in [5.41, 5.74) is -0.309. The van der Waals surface area contributed by atoms with Crippen molar-refractivity contribution in [2.75, 3.05) is 11.9 Å². The zero-order chi connectivity index (χ0) is 13.7. The fraction of sp³-hybridized carbons (Fsp3) is 0.333. The lowest BCUT2D eigenvalue weighted by molar-refractivity contribution is -0.150. The summed E-state index contributed by atoms with van der Waals surface area (Å²) in [6, 6.07) is 2.66. The lowest BCUT2D eigenvalue weighted by Gasteiger charge is -2.11. The molecule has 1 rings (SSSR count). The minimum absolute atomic E-state index is 0.144. The van der Waals surface area contributed by atoms with Gasteiger partial charge in [0, 0.05) is 6.07 Å². The number of anilines is 1. The molecule has 0 aliphatic carbocycles. The number of carbonyl (C=O) groups is 2. The predicted octanol–water partition coefficient (Wildman–Crippen LogP) is 2.10. The van der Waals surface area contributed by atoms with Gasteiger partial charge in [-0.05, 0) is 26.0 Å². The normalized spacial score (nSPS) is 11.8. The van der Waals surface area contributed by atoms with Crippen molar-refractivity contribution in [1.29, 1.82) is 0 Å². The fourth-order valence-electron chi connectivity index (χ4n) is 1.21. The summed E-state index contributed by atoms with van der Waals surface area (Å²) in [7, 11) is 0. The Labute approximate surface area is 103 Å². The summed E-state index contributed by atoms with van der Waals surface area (Å²) in [4.78, 5) is 22.9. The molecular formula is C12H13F2NO3. The highest BCUT2D eigenvalue weighted by molar-refractivity contribution is 6.04. The van der Waals surface area contributed by atoms with Crippen LogP contribution in [0, 0.1) is 17.6 Å². The van der Waals surface area contributed by atoms with Crippen LogP contribution in [-0.4, -0.2) is 18.5 Å². The Morgan fingerprint density at radius 1 is 1.39 bits per heavy atom. The second-order valence-corrected chi connectivity index (χ2v) is 3.59. The van der Waals surface area contributed by atoms with Gasteiger partial charge in [-0.1, -0.05) is 0 Å². The van der Waals surface area contributed by atoms with Crippen LogP contribution in [0.3, 0.4) is 0 Å². The molecule has 1 amide bonds. The molecule has 18 heavy (non-hydrogen) atoms. The number of hydrogen-bond acceptors (Lipinski definition) is 3. The third-order valence-corrected chi connectivity index (χ3v) is 2.22. The summed E-state index contributed by atoms with van der Waals surface area (Å²) in [5, 5.41) is 2.14. The molecule has 0 bridgehead atoms. The van der Waals surface area contributed by atoms with Crippen molar-refractivity contribution in [2.24, 2.45) is 5.92 Å². The highest BCUT2D eigenvalue weighted by atomic mass is 19.1. The Bertz CT molecular complexity index is 463. The number of hydrogen-bond donors (Lipinski definition) is 1. The van der Waals surface area contributed by atoms with E-state index in [1.165, 1.54) is 6.92 Å². The topological polar surface area (TPSA) is 55.4 Å². The highest BCUT2D eigenvalue weighted by Gasteiger charge is 2.23. The van der Waals surface area contributed by atoms with Gasteiger partial charge in [0.25, 0.3) is 0 Å². The Morgan fingerprint density at radius 2 is 2.06 bits per heavy atom. The molecule has 0 aliphatic rings. The summed E-state index contributed by atoms with van der Waals surface area (Å²) in [5.74, 6) is -4.02. The molecule has 1 aromatic carbocycles. The molecule has 0 radical (unpaired) electrons. The van der Waals surface area contributed by atoms with Crippen LogP contribution in [-0.2, 0) is 14.3 Å². The van der Waals surface area contributed by atoms with Crippen molar-refractivity contribution in [3.63, 3.8) is 0 Å². The molecule has 4 nitrogen and oxygen atoms in total. The smallest absolute Gasteiger partial charge is 0.318 e. The first-order chi connectivity index (χ1) is 8.45. The molecule has 0 saturated heterocycles. The molecule has 1 atom stereocenters. The summed E-state index contributed by atoms with van der Waals surface area (Å²) < 4.78 is 30.8. The van der Waals surface area contributed by atoms with E-state index in [9.17, 15) is 18.4 Å². The van der Waals surface area contributed by atoms with Crippen molar-refractivity contribution in [3.05, 3.63) is 29.8 Å². The molecule has 0 fully saturated rings. The average molecular weight is 257 g/mol. The van der Waals surface area contributed by atoms with E-state index in [-0.39, 0.29) is 12.3 Å². The maximum absolute atomic E-state index is 13.2. The first-order valence-corrected chi connectivity index (χ1v) is 5.38. The van der Waals surface area contributed by atoms with Gasteiger partial charge in [-0.3, -0.25) is 9.59 Å². The lowest BCUT2D eigenvalue weighted by Crippen LogP contribution is -2.29. The zero-order valence-electron chi connectivity index (χ0n) is 10.00. The minimum atomic E-state index is -1.09. The highest BCUT2D eigenvalue weighted by Crippen LogP contribution is 2.16. The van der Waals surface area contributed by atoms with Crippen LogP contribution < -0.4 is 5.32 Å². The van der Waals surface area contributed by atoms with Crippen LogP contribution in [0.25, 0.3) is 0 Å². The van der Waals surface area contributed by atoms with Crippen molar-refractivity contribution < 1.29 is 23.1 Å². The van der Waals surface area contributed by atoms with Gasteiger partial charge in [0.15, 0.2) is 0 Å². The molecule has 0 aliphatic heterocycles. The molecular weight excluding hydrogens is 244 g/mol. The van der Waals surface area contributed by atoms with Crippen LogP contribution in [0.1, 0.15) is 13.8 Å². The third-order valence-electron chi connectivity index (χ3n) is 2.22. The molecule has 98 valence electrons. The predicted molar refractivity (Wildman–Crippen MR) is 60.8 cm³/mol. The van der Waals surface area contributed by atoms with E-state index in [0.717, 1.165) is 18.2 Å². The average Bonchev–Trinajstić information content (AvgIpc) is 2.33. The lowest BCUT2D eigenvalue weighted by atomic mass is 10.1. The van der Waals surface area contributed by atoms with Crippen LogP contribution >= 0.6 is 0 Å². The summed E-state index contributed by atoms with van der Waals surface area (Å²) in [6.07, 6.45) is 0. The number of carbonyl (C=O) groups excluding carboxylic acids is 2. The second kappa shape index (κ2) is 6.09. The van der Waals surface area contributed by atoms with Gasteiger partial charge >= 0.3 is 5.97 Å². The fourth-order valence-corrected chi connectivity index (χ4v) is 1.21. The van der Waals surface area contributed by atoms with Gasteiger partial charge in [-0.15, -0.1) is 0 Å². The molecule has 0 heterocycles. The molecule has 6 heteroatoms. The molecule has 1 aromatic rings. The number of amides is 1. The van der Waals surface area contributed by atoms with E-state index in [1.807, 2.05) is 0 Å². The van der Waals surface area contributed by atoms with Gasteiger partial charge in [0.2, 0.25) is 5.91 Å². The number of esters is 1. The first-order valence-electron chi connectivity index (χ1n) is 5.38.